The fourth-order valence-corrected chi connectivity index (χ4v) is 3.98. The van der Waals surface area contributed by atoms with E-state index < -0.39 is 0 Å². The Labute approximate surface area is 187 Å². The number of nitrogens with one attached hydrogen (secondary N) is 1. The first-order chi connectivity index (χ1) is 15.2. The molecule has 7 nitrogen and oxygen atoms in total. The molecule has 0 fully saturated rings. The lowest BCUT2D eigenvalue weighted by Gasteiger charge is -2.20. The number of rotatable bonds is 10. The topological polar surface area (TPSA) is 75.4 Å². The van der Waals surface area contributed by atoms with Crippen molar-refractivity contribution >= 4 is 29.6 Å². The van der Waals surface area contributed by atoms with Crippen molar-refractivity contribution in [1.29, 1.82) is 0 Å². The average Bonchev–Trinajstić information content (AvgIpc) is 3.23. The molecule has 0 atom stereocenters. The maximum atomic E-state index is 12.2. The Morgan fingerprint density at radius 1 is 1.06 bits per heavy atom. The zero-order valence-corrected chi connectivity index (χ0v) is 19.0. The number of carbonyl (C=O) groups excluding carboxylic acids is 1. The van der Waals surface area contributed by atoms with Crippen molar-refractivity contribution in [2.45, 2.75) is 32.5 Å². The third kappa shape index (κ3) is 5.95. The first-order valence-electron chi connectivity index (χ1n) is 10.4. The Balaban J connectivity index is 1.53. The van der Waals surface area contributed by atoms with Gasteiger partial charge < -0.3 is 9.47 Å². The second-order valence-electron chi connectivity index (χ2n) is 6.76. The van der Waals surface area contributed by atoms with Gasteiger partial charge in [0.1, 0.15) is 0 Å². The maximum Gasteiger partial charge on any atom is 0.250 e. The minimum Gasteiger partial charge on any atom is -0.372 e. The van der Waals surface area contributed by atoms with E-state index in [1.54, 1.807) is 6.21 Å². The average molecular weight is 437 g/mol. The number of amides is 1. The Morgan fingerprint density at radius 3 is 2.42 bits per heavy atom. The van der Waals surface area contributed by atoms with Crippen LogP contribution in [-0.2, 0) is 11.3 Å². The van der Waals surface area contributed by atoms with Gasteiger partial charge in [-0.25, -0.2) is 5.43 Å². The van der Waals surface area contributed by atoms with Gasteiger partial charge in [0, 0.05) is 30.9 Å². The summed E-state index contributed by atoms with van der Waals surface area (Å²) in [6.45, 7) is 8.97. The van der Waals surface area contributed by atoms with Gasteiger partial charge in [0.25, 0.3) is 5.91 Å². The molecule has 0 spiro atoms. The molecule has 0 aliphatic carbocycles. The summed E-state index contributed by atoms with van der Waals surface area (Å²) in [7, 11) is 0. The highest BCUT2D eigenvalue weighted by Gasteiger charge is 2.14. The summed E-state index contributed by atoms with van der Waals surface area (Å²) in [4.78, 5) is 14.5. The van der Waals surface area contributed by atoms with Crippen molar-refractivity contribution in [2.75, 3.05) is 23.7 Å². The second kappa shape index (κ2) is 11.3. The molecule has 3 aromatic rings. The molecule has 8 heteroatoms. The third-order valence-electron chi connectivity index (χ3n) is 4.82. The molecular formula is C23H28N6OS. The lowest BCUT2D eigenvalue weighted by atomic mass is 10.2. The van der Waals surface area contributed by atoms with Gasteiger partial charge in [-0.1, -0.05) is 54.2 Å². The molecule has 1 aromatic heterocycles. The van der Waals surface area contributed by atoms with Crippen LogP contribution in [0.25, 0.3) is 11.4 Å². The number of carbonyl (C=O) groups is 1. The van der Waals surface area contributed by atoms with Gasteiger partial charge in [-0.05, 0) is 38.5 Å². The molecule has 162 valence electrons. The van der Waals surface area contributed by atoms with Crippen LogP contribution >= 0.6 is 11.8 Å². The van der Waals surface area contributed by atoms with E-state index in [0.717, 1.165) is 36.6 Å². The van der Waals surface area contributed by atoms with Crippen LogP contribution < -0.4 is 10.3 Å². The highest BCUT2D eigenvalue weighted by Crippen LogP contribution is 2.23. The van der Waals surface area contributed by atoms with Crippen LogP contribution in [-0.4, -0.2) is 45.7 Å². The highest BCUT2D eigenvalue weighted by atomic mass is 32.2. The molecule has 3 rings (SSSR count). The summed E-state index contributed by atoms with van der Waals surface area (Å²) < 4.78 is 2.01. The predicted octanol–water partition coefficient (Wildman–Crippen LogP) is 4.05. The van der Waals surface area contributed by atoms with Crippen LogP contribution in [0.15, 0.2) is 64.9 Å². The zero-order chi connectivity index (χ0) is 22.1. The number of hydrazone groups is 1. The molecular weight excluding hydrogens is 408 g/mol. The van der Waals surface area contributed by atoms with E-state index in [1.165, 1.54) is 17.4 Å². The standard InChI is InChI=1S/C23H28N6OS/c1-4-28(5-2)20-14-12-18(13-15-20)16-24-25-21(30)17-31-23-27-26-22(29(23)6-3)19-10-8-7-9-11-19/h7-16H,4-6,17H2,1-3H3,(H,25,30)/b24-16-. The molecule has 0 aliphatic rings. The largest absolute Gasteiger partial charge is 0.372 e. The summed E-state index contributed by atoms with van der Waals surface area (Å²) in [5, 5.41) is 13.3. The Kier molecular flexibility index (Phi) is 8.23. The SMILES string of the molecule is CCN(CC)c1ccc(/C=N\NC(=O)CSc2nnc(-c3ccccc3)n2CC)cc1. The number of hydrogen-bond donors (Lipinski definition) is 1. The highest BCUT2D eigenvalue weighted by molar-refractivity contribution is 7.99. The van der Waals surface area contributed by atoms with E-state index in [-0.39, 0.29) is 11.7 Å². The van der Waals surface area contributed by atoms with Crippen molar-refractivity contribution in [2.24, 2.45) is 5.10 Å². The van der Waals surface area contributed by atoms with Crippen molar-refractivity contribution in [3.63, 3.8) is 0 Å². The lowest BCUT2D eigenvalue weighted by Crippen LogP contribution is -2.21. The van der Waals surface area contributed by atoms with Gasteiger partial charge in [0.05, 0.1) is 12.0 Å². The van der Waals surface area contributed by atoms with Gasteiger partial charge in [-0.3, -0.25) is 4.79 Å². The van der Waals surface area contributed by atoms with Gasteiger partial charge in [0.15, 0.2) is 11.0 Å². The van der Waals surface area contributed by atoms with Crippen LogP contribution in [0.2, 0.25) is 0 Å². The molecule has 1 heterocycles. The fraction of sp³-hybridized carbons (Fsp3) is 0.304. The van der Waals surface area contributed by atoms with E-state index in [9.17, 15) is 4.79 Å². The molecule has 31 heavy (non-hydrogen) atoms. The van der Waals surface area contributed by atoms with Crippen LogP contribution in [0.3, 0.4) is 0 Å². The summed E-state index contributed by atoms with van der Waals surface area (Å²) in [5.41, 5.74) is 5.69. The smallest absolute Gasteiger partial charge is 0.250 e. The first-order valence-corrected chi connectivity index (χ1v) is 11.4. The fourth-order valence-electron chi connectivity index (χ4n) is 3.18. The lowest BCUT2D eigenvalue weighted by molar-refractivity contribution is -0.118. The second-order valence-corrected chi connectivity index (χ2v) is 7.70. The number of benzene rings is 2. The van der Waals surface area contributed by atoms with Crippen LogP contribution in [0.4, 0.5) is 5.69 Å². The minimum atomic E-state index is -0.187. The number of anilines is 1. The van der Waals surface area contributed by atoms with E-state index in [2.05, 4.69) is 51.6 Å². The predicted molar refractivity (Wildman–Crippen MR) is 128 cm³/mol. The van der Waals surface area contributed by atoms with Gasteiger partial charge in [-0.15, -0.1) is 10.2 Å². The van der Waals surface area contributed by atoms with Crippen molar-refractivity contribution in [3.05, 3.63) is 60.2 Å². The molecule has 0 saturated carbocycles. The minimum absolute atomic E-state index is 0.187. The summed E-state index contributed by atoms with van der Waals surface area (Å²) >= 11 is 1.35. The summed E-state index contributed by atoms with van der Waals surface area (Å²) in [5.74, 6) is 0.829. The Hall–Kier alpha value is -3.13. The van der Waals surface area contributed by atoms with Crippen molar-refractivity contribution in [3.8, 4) is 11.4 Å². The summed E-state index contributed by atoms with van der Waals surface area (Å²) in [6.07, 6.45) is 1.65. The third-order valence-corrected chi connectivity index (χ3v) is 5.79. The Morgan fingerprint density at radius 2 is 1.77 bits per heavy atom. The molecule has 0 saturated heterocycles. The zero-order valence-electron chi connectivity index (χ0n) is 18.2. The van der Waals surface area contributed by atoms with Gasteiger partial charge in [0.2, 0.25) is 0 Å². The van der Waals surface area contributed by atoms with Gasteiger partial charge >= 0.3 is 0 Å². The maximum absolute atomic E-state index is 12.2. The summed E-state index contributed by atoms with van der Waals surface area (Å²) in [6, 6.07) is 18.0. The number of nitrogens with zero attached hydrogens (tertiary/aromatic N) is 5. The molecule has 0 bridgehead atoms. The number of thioether (sulfide) groups is 1. The molecule has 0 unspecified atom stereocenters. The molecule has 0 aliphatic heterocycles. The molecule has 0 radical (unpaired) electrons. The monoisotopic (exact) mass is 436 g/mol. The van der Waals surface area contributed by atoms with Crippen molar-refractivity contribution in [1.82, 2.24) is 20.2 Å². The molecule has 2 aromatic carbocycles. The van der Waals surface area contributed by atoms with E-state index in [4.69, 9.17) is 0 Å². The number of aromatic nitrogens is 3. The molecule has 1 N–H and O–H groups in total. The molecule has 1 amide bonds. The first kappa shape index (κ1) is 22.6. The van der Waals surface area contributed by atoms with E-state index in [1.807, 2.05) is 54.0 Å². The van der Waals surface area contributed by atoms with Gasteiger partial charge in [-0.2, -0.15) is 5.10 Å². The van der Waals surface area contributed by atoms with Crippen LogP contribution in [0.5, 0.6) is 0 Å². The van der Waals surface area contributed by atoms with E-state index >= 15 is 0 Å². The van der Waals surface area contributed by atoms with Crippen LogP contribution in [0, 0.1) is 0 Å². The normalized spacial score (nSPS) is 11.1. The number of hydrogen-bond acceptors (Lipinski definition) is 6. The van der Waals surface area contributed by atoms with E-state index in [0.29, 0.717) is 5.16 Å². The van der Waals surface area contributed by atoms with Crippen molar-refractivity contribution < 1.29 is 4.79 Å². The Bertz CT molecular complexity index is 997. The quantitative estimate of drug-likeness (QED) is 0.295. The van der Waals surface area contributed by atoms with Crippen LogP contribution in [0.1, 0.15) is 26.3 Å².